The van der Waals surface area contributed by atoms with E-state index in [0.717, 1.165) is 4.88 Å². The van der Waals surface area contributed by atoms with E-state index in [4.69, 9.17) is 8.94 Å². The number of thiophene rings is 1. The average Bonchev–Trinajstić information content (AvgIpc) is 3.37. The predicted molar refractivity (Wildman–Crippen MR) is 89.5 cm³/mol. The number of rotatable bonds is 8. The van der Waals surface area contributed by atoms with E-state index in [1.165, 1.54) is 17.6 Å². The summed E-state index contributed by atoms with van der Waals surface area (Å²) >= 11 is 1.51. The molecule has 0 saturated carbocycles. The van der Waals surface area contributed by atoms with E-state index in [2.05, 4.69) is 20.8 Å². The Balaban J connectivity index is 1.36. The summed E-state index contributed by atoms with van der Waals surface area (Å²) in [5, 5.41) is 11.0. The molecule has 0 unspecified atom stereocenters. The summed E-state index contributed by atoms with van der Waals surface area (Å²) in [6, 6.07) is 7.30. The van der Waals surface area contributed by atoms with E-state index in [1.54, 1.807) is 12.1 Å². The number of nitrogens with zero attached hydrogens (tertiary/aromatic N) is 2. The largest absolute Gasteiger partial charge is 0.467 e. The molecule has 2 N–H and O–H groups in total. The number of nitrogens with one attached hydrogen (secondary N) is 2. The first-order chi connectivity index (χ1) is 12.2. The highest BCUT2D eigenvalue weighted by Crippen LogP contribution is 2.21. The molecule has 2 amide bonds. The maximum Gasteiger partial charge on any atom is 0.239 e. The average molecular weight is 360 g/mol. The van der Waals surface area contributed by atoms with Crippen molar-refractivity contribution in [1.82, 2.24) is 20.8 Å². The van der Waals surface area contributed by atoms with Crippen LogP contribution in [0.5, 0.6) is 0 Å². The van der Waals surface area contributed by atoms with Gasteiger partial charge in [-0.1, -0.05) is 11.2 Å². The summed E-state index contributed by atoms with van der Waals surface area (Å²) in [6.45, 7) is 0.193. The van der Waals surface area contributed by atoms with E-state index >= 15 is 0 Å². The van der Waals surface area contributed by atoms with Crippen LogP contribution in [0.1, 0.15) is 18.1 Å². The minimum atomic E-state index is -0.289. The number of furan rings is 1. The number of carbonyl (C=O) groups is 2. The summed E-state index contributed by atoms with van der Waals surface area (Å²) in [6.07, 6.45) is 2.01. The van der Waals surface area contributed by atoms with Crippen LogP contribution in [-0.4, -0.2) is 28.5 Å². The Morgan fingerprint density at radius 3 is 2.84 bits per heavy atom. The lowest BCUT2D eigenvalue weighted by Gasteiger charge is -2.05. The van der Waals surface area contributed by atoms with E-state index in [0.29, 0.717) is 23.9 Å². The van der Waals surface area contributed by atoms with Crippen LogP contribution in [0.3, 0.4) is 0 Å². The van der Waals surface area contributed by atoms with Crippen molar-refractivity contribution in [2.24, 2.45) is 0 Å². The van der Waals surface area contributed by atoms with Crippen molar-refractivity contribution in [2.45, 2.75) is 19.4 Å². The molecule has 0 saturated heterocycles. The van der Waals surface area contributed by atoms with Crippen molar-refractivity contribution in [1.29, 1.82) is 0 Å². The van der Waals surface area contributed by atoms with Crippen LogP contribution < -0.4 is 10.6 Å². The third-order valence-corrected chi connectivity index (χ3v) is 4.13. The summed E-state index contributed by atoms with van der Waals surface area (Å²) in [5.41, 5.74) is 0. The van der Waals surface area contributed by atoms with Gasteiger partial charge in [0.05, 0.1) is 24.2 Å². The Kier molecular flexibility index (Phi) is 5.57. The van der Waals surface area contributed by atoms with E-state index in [-0.39, 0.29) is 31.3 Å². The second kappa shape index (κ2) is 8.25. The molecule has 0 spiro atoms. The molecule has 0 aromatic carbocycles. The summed E-state index contributed by atoms with van der Waals surface area (Å²) in [4.78, 5) is 28.6. The molecule has 9 heteroatoms. The zero-order valence-corrected chi connectivity index (χ0v) is 14.0. The molecule has 3 aromatic heterocycles. The smallest absolute Gasteiger partial charge is 0.239 e. The van der Waals surface area contributed by atoms with Crippen LogP contribution >= 0.6 is 11.3 Å². The fourth-order valence-electron chi connectivity index (χ4n) is 2.01. The van der Waals surface area contributed by atoms with Gasteiger partial charge in [0.1, 0.15) is 5.76 Å². The number of carbonyl (C=O) groups excluding carboxylic acids is 2. The van der Waals surface area contributed by atoms with Gasteiger partial charge in [-0.25, -0.2) is 0 Å². The number of hydrogen-bond acceptors (Lipinski definition) is 7. The van der Waals surface area contributed by atoms with Crippen molar-refractivity contribution in [3.63, 3.8) is 0 Å². The summed E-state index contributed by atoms with van der Waals surface area (Å²) in [5.74, 6) is 1.01. The van der Waals surface area contributed by atoms with Gasteiger partial charge in [-0.2, -0.15) is 4.98 Å². The monoisotopic (exact) mass is 360 g/mol. The molecule has 3 aromatic rings. The van der Waals surface area contributed by atoms with E-state index < -0.39 is 0 Å². The van der Waals surface area contributed by atoms with Crippen molar-refractivity contribution in [3.05, 3.63) is 47.6 Å². The van der Waals surface area contributed by atoms with Crippen LogP contribution in [0.15, 0.2) is 44.8 Å². The van der Waals surface area contributed by atoms with Gasteiger partial charge in [-0.05, 0) is 23.6 Å². The molecular formula is C16H16N4O4S. The summed E-state index contributed by atoms with van der Waals surface area (Å²) < 4.78 is 10.2. The lowest BCUT2D eigenvalue weighted by atomic mass is 10.3. The highest BCUT2D eigenvalue weighted by molar-refractivity contribution is 7.13. The number of aryl methyl sites for hydroxylation is 1. The summed E-state index contributed by atoms with van der Waals surface area (Å²) in [7, 11) is 0. The van der Waals surface area contributed by atoms with Crippen LogP contribution in [0.25, 0.3) is 10.7 Å². The van der Waals surface area contributed by atoms with Gasteiger partial charge < -0.3 is 19.6 Å². The van der Waals surface area contributed by atoms with Gasteiger partial charge in [-0.15, -0.1) is 11.3 Å². The molecule has 0 aliphatic heterocycles. The van der Waals surface area contributed by atoms with Crippen molar-refractivity contribution >= 4 is 23.2 Å². The highest BCUT2D eigenvalue weighted by atomic mass is 32.1. The second-order valence-electron chi connectivity index (χ2n) is 5.12. The zero-order chi connectivity index (χ0) is 17.5. The predicted octanol–water partition coefficient (Wildman–Crippen LogP) is 1.76. The van der Waals surface area contributed by atoms with Crippen molar-refractivity contribution in [3.8, 4) is 10.7 Å². The van der Waals surface area contributed by atoms with Gasteiger partial charge in [0.15, 0.2) is 0 Å². The van der Waals surface area contributed by atoms with Gasteiger partial charge in [0, 0.05) is 12.8 Å². The third-order valence-electron chi connectivity index (χ3n) is 3.26. The standard InChI is InChI=1S/C16H16N4O4S/c21-13(18-10-14(22)17-9-11-3-1-7-23-11)5-6-15-19-16(20-24-15)12-4-2-8-25-12/h1-4,7-8H,5-6,9-10H2,(H,17,22)(H,18,21). The third kappa shape index (κ3) is 5.01. The molecule has 0 fully saturated rings. The van der Waals surface area contributed by atoms with Crippen LogP contribution in [0.2, 0.25) is 0 Å². The Morgan fingerprint density at radius 1 is 1.16 bits per heavy atom. The number of aromatic nitrogens is 2. The van der Waals surface area contributed by atoms with Crippen LogP contribution in [0.4, 0.5) is 0 Å². The van der Waals surface area contributed by atoms with Gasteiger partial charge in [0.25, 0.3) is 0 Å². The fraction of sp³-hybridized carbons (Fsp3) is 0.250. The topological polar surface area (TPSA) is 110 Å². The molecular weight excluding hydrogens is 344 g/mol. The second-order valence-corrected chi connectivity index (χ2v) is 6.07. The lowest BCUT2D eigenvalue weighted by molar-refractivity contribution is -0.126. The molecule has 0 bridgehead atoms. The van der Waals surface area contributed by atoms with Gasteiger partial charge in [0.2, 0.25) is 23.5 Å². The SMILES string of the molecule is O=C(CCc1nc(-c2cccs2)no1)NCC(=O)NCc1ccco1. The molecule has 0 aliphatic rings. The molecule has 8 nitrogen and oxygen atoms in total. The van der Waals surface area contributed by atoms with E-state index in [1.807, 2.05) is 17.5 Å². The normalized spacial score (nSPS) is 10.6. The Labute approximate surface area is 147 Å². The quantitative estimate of drug-likeness (QED) is 0.633. The first kappa shape index (κ1) is 16.9. The Bertz CT molecular complexity index is 811. The van der Waals surface area contributed by atoms with Gasteiger partial charge in [-0.3, -0.25) is 9.59 Å². The van der Waals surface area contributed by atoms with Gasteiger partial charge >= 0.3 is 0 Å². The molecule has 0 aliphatic carbocycles. The number of hydrogen-bond donors (Lipinski definition) is 2. The maximum atomic E-state index is 11.8. The van der Waals surface area contributed by atoms with E-state index in [9.17, 15) is 9.59 Å². The maximum absolute atomic E-state index is 11.8. The molecule has 0 atom stereocenters. The molecule has 0 radical (unpaired) electrons. The van der Waals surface area contributed by atoms with Crippen molar-refractivity contribution in [2.75, 3.05) is 6.54 Å². The molecule has 3 heterocycles. The molecule has 3 rings (SSSR count). The first-order valence-electron chi connectivity index (χ1n) is 7.63. The van der Waals surface area contributed by atoms with Crippen molar-refractivity contribution < 1.29 is 18.5 Å². The van der Waals surface area contributed by atoms with Crippen LogP contribution in [-0.2, 0) is 22.6 Å². The highest BCUT2D eigenvalue weighted by Gasteiger charge is 2.12. The minimum Gasteiger partial charge on any atom is -0.467 e. The first-order valence-corrected chi connectivity index (χ1v) is 8.51. The molecule has 25 heavy (non-hydrogen) atoms. The molecule has 130 valence electrons. The zero-order valence-electron chi connectivity index (χ0n) is 13.2. The lowest BCUT2D eigenvalue weighted by Crippen LogP contribution is -2.36. The number of amides is 2. The fourth-order valence-corrected chi connectivity index (χ4v) is 2.66. The Hall–Kier alpha value is -2.94. The van der Waals surface area contributed by atoms with Crippen LogP contribution in [0, 0.1) is 0 Å². The minimum absolute atomic E-state index is 0.0934. The Morgan fingerprint density at radius 2 is 2.08 bits per heavy atom.